The quantitative estimate of drug-likeness (QED) is 0.621. The van der Waals surface area contributed by atoms with Crippen molar-refractivity contribution in [1.82, 2.24) is 5.32 Å². The van der Waals surface area contributed by atoms with Crippen LogP contribution in [-0.4, -0.2) is 30.3 Å². The molecule has 1 amide bonds. The van der Waals surface area contributed by atoms with Gasteiger partial charge in [0.05, 0.1) is 12.1 Å². The smallest absolute Gasteiger partial charge is 0.305 e. The minimum absolute atomic E-state index is 0.0169. The van der Waals surface area contributed by atoms with Crippen LogP contribution in [0.15, 0.2) is 0 Å². The topological polar surface area (TPSA) is 64.6 Å². The number of esters is 1. The molecule has 0 spiro atoms. The summed E-state index contributed by atoms with van der Waals surface area (Å²) in [5.74, 6) is 2.28. The van der Waals surface area contributed by atoms with Gasteiger partial charge in [-0.2, -0.15) is 0 Å². The fourth-order valence-electron chi connectivity index (χ4n) is 2.67. The van der Waals surface area contributed by atoms with Gasteiger partial charge in [0.25, 0.3) is 0 Å². The van der Waals surface area contributed by atoms with Crippen molar-refractivity contribution in [3.05, 3.63) is 0 Å². The van der Waals surface area contributed by atoms with Gasteiger partial charge in [0.15, 0.2) is 0 Å². The molecule has 1 heterocycles. The van der Waals surface area contributed by atoms with E-state index in [1.54, 1.807) is 0 Å². The van der Waals surface area contributed by atoms with E-state index in [0.29, 0.717) is 6.42 Å². The third kappa shape index (κ3) is 4.75. The Morgan fingerprint density at radius 1 is 1.33 bits per heavy atom. The monoisotopic (exact) mass is 295 g/mol. The Kier molecular flexibility index (Phi) is 6.70. The van der Waals surface area contributed by atoms with Crippen LogP contribution < -0.4 is 5.32 Å². The first-order valence-electron chi connectivity index (χ1n) is 7.46. The van der Waals surface area contributed by atoms with E-state index in [1.165, 1.54) is 6.92 Å². The molecule has 0 radical (unpaired) electrons. The predicted octanol–water partition coefficient (Wildman–Crippen LogP) is 1.85. The second-order valence-electron chi connectivity index (χ2n) is 5.58. The van der Waals surface area contributed by atoms with E-state index >= 15 is 0 Å². The molecule has 5 heteroatoms. The minimum atomic E-state index is -0.742. The molecule has 5 nitrogen and oxygen atoms in total. The van der Waals surface area contributed by atoms with Gasteiger partial charge < -0.3 is 14.8 Å². The second-order valence-corrected chi connectivity index (χ2v) is 5.58. The number of carbonyl (C=O) groups is 2. The van der Waals surface area contributed by atoms with E-state index < -0.39 is 12.3 Å². The van der Waals surface area contributed by atoms with Gasteiger partial charge in [-0.3, -0.25) is 9.59 Å². The van der Waals surface area contributed by atoms with Crippen molar-refractivity contribution in [3.8, 4) is 12.3 Å². The van der Waals surface area contributed by atoms with E-state index in [1.807, 2.05) is 13.8 Å². The normalized spacial score (nSPS) is 32.0. The molecule has 21 heavy (non-hydrogen) atoms. The minimum Gasteiger partial charge on any atom is -0.434 e. The third-order valence-corrected chi connectivity index (χ3v) is 4.09. The summed E-state index contributed by atoms with van der Waals surface area (Å²) in [4.78, 5) is 23.2. The highest BCUT2D eigenvalue weighted by Gasteiger charge is 2.43. The molecule has 0 bridgehead atoms. The standard InChI is InChI=1S/C16H25NO4/c1-6-8-9-14(19)17-15-11(4)10(3)13(7-2)21-16(15)20-12(5)18/h1,10-11,13,15-16H,7-9H2,2-5H3,(H,17,19). The van der Waals surface area contributed by atoms with Crippen molar-refractivity contribution in [1.29, 1.82) is 0 Å². The summed E-state index contributed by atoms with van der Waals surface area (Å²) in [5, 5.41) is 2.90. The summed E-state index contributed by atoms with van der Waals surface area (Å²) < 4.78 is 11.1. The summed E-state index contributed by atoms with van der Waals surface area (Å²) >= 11 is 0. The van der Waals surface area contributed by atoms with E-state index in [0.717, 1.165) is 6.42 Å². The van der Waals surface area contributed by atoms with Crippen molar-refractivity contribution in [2.24, 2.45) is 11.8 Å². The number of ether oxygens (including phenoxy) is 2. The molecule has 1 aliphatic rings. The molecule has 1 N–H and O–H groups in total. The SMILES string of the molecule is C#CCCC(=O)NC1C(OC(C)=O)OC(CC)C(C)C1C. The summed E-state index contributed by atoms with van der Waals surface area (Å²) in [6, 6.07) is -0.350. The summed E-state index contributed by atoms with van der Waals surface area (Å²) in [6.07, 6.45) is 5.92. The summed E-state index contributed by atoms with van der Waals surface area (Å²) in [7, 11) is 0. The molecule has 1 fully saturated rings. The average molecular weight is 295 g/mol. The van der Waals surface area contributed by atoms with E-state index in [2.05, 4.69) is 18.2 Å². The maximum atomic E-state index is 11.9. The molecule has 5 unspecified atom stereocenters. The number of hydrogen-bond acceptors (Lipinski definition) is 4. The first-order valence-corrected chi connectivity index (χ1v) is 7.46. The molecule has 0 saturated carbocycles. The zero-order chi connectivity index (χ0) is 16.0. The van der Waals surface area contributed by atoms with Crippen LogP contribution in [0.1, 0.15) is 47.0 Å². The number of rotatable bonds is 5. The van der Waals surface area contributed by atoms with Gasteiger partial charge >= 0.3 is 5.97 Å². The molecule has 0 aliphatic carbocycles. The van der Waals surface area contributed by atoms with Crippen LogP contribution in [0.5, 0.6) is 0 Å². The van der Waals surface area contributed by atoms with Crippen LogP contribution in [0, 0.1) is 24.2 Å². The number of terminal acetylenes is 1. The lowest BCUT2D eigenvalue weighted by molar-refractivity contribution is -0.231. The molecule has 0 aromatic heterocycles. The van der Waals surface area contributed by atoms with Crippen molar-refractivity contribution in [2.75, 3.05) is 0 Å². The van der Waals surface area contributed by atoms with Crippen LogP contribution in [0.4, 0.5) is 0 Å². The highest BCUT2D eigenvalue weighted by Crippen LogP contribution is 2.32. The molecule has 0 aromatic rings. The molecule has 0 aromatic carbocycles. The Morgan fingerprint density at radius 2 is 2.00 bits per heavy atom. The lowest BCUT2D eigenvalue weighted by atomic mass is 9.81. The number of amides is 1. The first kappa shape index (κ1) is 17.5. The van der Waals surface area contributed by atoms with Gasteiger partial charge in [-0.1, -0.05) is 20.8 Å². The number of nitrogens with one attached hydrogen (secondary N) is 1. The van der Waals surface area contributed by atoms with Gasteiger partial charge in [0, 0.05) is 19.8 Å². The summed E-state index contributed by atoms with van der Waals surface area (Å²) in [5.41, 5.74) is 0. The first-order chi connectivity index (χ1) is 9.90. The van der Waals surface area contributed by atoms with Gasteiger partial charge in [-0.15, -0.1) is 12.3 Å². The fourth-order valence-corrected chi connectivity index (χ4v) is 2.67. The van der Waals surface area contributed by atoms with Gasteiger partial charge in [0.1, 0.15) is 0 Å². The van der Waals surface area contributed by atoms with Crippen molar-refractivity contribution in [2.45, 2.75) is 65.4 Å². The number of hydrogen-bond donors (Lipinski definition) is 1. The lowest BCUT2D eigenvalue weighted by Crippen LogP contribution is -2.58. The molecular weight excluding hydrogens is 270 g/mol. The summed E-state index contributed by atoms with van der Waals surface area (Å²) in [6.45, 7) is 7.50. The van der Waals surface area contributed by atoms with Crippen LogP contribution in [0.2, 0.25) is 0 Å². The van der Waals surface area contributed by atoms with Crippen LogP contribution in [0.25, 0.3) is 0 Å². The Hall–Kier alpha value is -1.54. The highest BCUT2D eigenvalue weighted by atomic mass is 16.7. The zero-order valence-electron chi connectivity index (χ0n) is 13.2. The average Bonchev–Trinajstić information content (AvgIpc) is 2.43. The third-order valence-electron chi connectivity index (χ3n) is 4.09. The van der Waals surface area contributed by atoms with E-state index in [-0.39, 0.29) is 36.3 Å². The predicted molar refractivity (Wildman–Crippen MR) is 79.0 cm³/mol. The van der Waals surface area contributed by atoms with Crippen LogP contribution in [-0.2, 0) is 19.1 Å². The fraction of sp³-hybridized carbons (Fsp3) is 0.750. The molecular formula is C16H25NO4. The molecule has 118 valence electrons. The van der Waals surface area contributed by atoms with E-state index in [4.69, 9.17) is 15.9 Å². The molecule has 5 atom stereocenters. The van der Waals surface area contributed by atoms with Crippen molar-refractivity contribution >= 4 is 11.9 Å². The Balaban J connectivity index is 2.81. The van der Waals surface area contributed by atoms with E-state index in [9.17, 15) is 9.59 Å². The Bertz CT molecular complexity index is 415. The highest BCUT2D eigenvalue weighted by molar-refractivity contribution is 5.76. The van der Waals surface area contributed by atoms with Crippen LogP contribution >= 0.6 is 0 Å². The Morgan fingerprint density at radius 3 is 2.52 bits per heavy atom. The molecule has 1 saturated heterocycles. The number of carbonyl (C=O) groups excluding carboxylic acids is 2. The molecule has 1 aliphatic heterocycles. The largest absolute Gasteiger partial charge is 0.434 e. The van der Waals surface area contributed by atoms with Crippen molar-refractivity contribution < 1.29 is 19.1 Å². The lowest BCUT2D eigenvalue weighted by Gasteiger charge is -2.44. The van der Waals surface area contributed by atoms with Gasteiger partial charge in [0.2, 0.25) is 12.2 Å². The molecule has 1 rings (SSSR count). The second kappa shape index (κ2) is 8.04. The maximum absolute atomic E-state index is 11.9. The maximum Gasteiger partial charge on any atom is 0.305 e. The van der Waals surface area contributed by atoms with Crippen molar-refractivity contribution in [3.63, 3.8) is 0 Å². The Labute approximate surface area is 126 Å². The van der Waals surface area contributed by atoms with Crippen LogP contribution in [0.3, 0.4) is 0 Å². The van der Waals surface area contributed by atoms with Gasteiger partial charge in [-0.05, 0) is 18.3 Å². The zero-order valence-corrected chi connectivity index (χ0v) is 13.2. The van der Waals surface area contributed by atoms with Gasteiger partial charge in [-0.25, -0.2) is 0 Å².